The molecule has 5 aliphatic rings. The lowest BCUT2D eigenvalue weighted by Crippen LogP contribution is -2.68. The van der Waals surface area contributed by atoms with Gasteiger partial charge in [0.05, 0.1) is 30.8 Å². The van der Waals surface area contributed by atoms with E-state index in [0.717, 1.165) is 44.9 Å². The van der Waals surface area contributed by atoms with E-state index in [1.54, 1.807) is 0 Å². The predicted molar refractivity (Wildman–Crippen MR) is 148 cm³/mol. The largest absolute Gasteiger partial charge is 0.396 e. The highest BCUT2D eigenvalue weighted by Gasteiger charge is 2.70. The minimum Gasteiger partial charge on any atom is -0.396 e. The van der Waals surface area contributed by atoms with E-state index >= 15 is 0 Å². The maximum absolute atomic E-state index is 13.8. The second-order valence-electron chi connectivity index (χ2n) is 15.2. The molecule has 216 valence electrons. The molecule has 0 aromatic heterocycles. The average Bonchev–Trinajstić information content (AvgIpc) is 2.88. The predicted octanol–water partition coefficient (Wildman–Crippen LogP) is 4.06. The lowest BCUT2D eigenvalue weighted by Gasteiger charge is -2.71. The summed E-state index contributed by atoms with van der Waals surface area (Å²) in [5, 5.41) is 45.0. The lowest BCUT2D eigenvalue weighted by molar-refractivity contribution is -0.243. The highest BCUT2D eigenvalue weighted by Crippen LogP contribution is 2.75. The molecule has 0 aromatic rings. The van der Waals surface area contributed by atoms with Crippen LogP contribution in [0.1, 0.15) is 92.9 Å². The molecule has 1 amide bonds. The minimum absolute atomic E-state index is 0.00878. The summed E-state index contributed by atoms with van der Waals surface area (Å²) in [5.74, 6) is 1.78. The first kappa shape index (κ1) is 28.6. The van der Waals surface area contributed by atoms with Crippen molar-refractivity contribution in [2.75, 3.05) is 19.8 Å². The van der Waals surface area contributed by atoms with Crippen LogP contribution in [-0.2, 0) is 4.79 Å². The Bertz CT molecular complexity index is 983. The number of aliphatic hydroxyl groups is 4. The number of nitrogens with one attached hydrogen (secondary N) is 1. The minimum atomic E-state index is -0.905. The number of rotatable bonds is 4. The molecule has 0 radical (unpaired) electrons. The van der Waals surface area contributed by atoms with E-state index < -0.39 is 23.0 Å². The Kier molecular flexibility index (Phi) is 6.98. The van der Waals surface area contributed by atoms with Crippen molar-refractivity contribution in [2.45, 2.75) is 105 Å². The van der Waals surface area contributed by atoms with Gasteiger partial charge in [-0.15, -0.1) is 0 Å². The fourth-order valence-corrected chi connectivity index (χ4v) is 11.4. The normalized spacial score (nSPS) is 54.1. The highest BCUT2D eigenvalue weighted by atomic mass is 16.3. The quantitative estimate of drug-likeness (QED) is 0.352. The van der Waals surface area contributed by atoms with Crippen molar-refractivity contribution in [1.82, 2.24) is 5.32 Å². The zero-order valence-electron chi connectivity index (χ0n) is 24.6. The standard InChI is InChI=1S/C32H53NO5/c1-19-9-12-32(27(38)33-15-16-34)14-13-30(5)21(25(32)20(19)2)7-8-24-28(3)17-22(36)26(37)29(4,18-35)23(28)10-11-31(24,30)6/h7,19-20,22-26,34-37H,8-18H2,1-6H3,(H,33,38)/t19-,20+,22-,23?,24?,25?,26+,28+,29+,30-,31-,32+/m1/s1. The van der Waals surface area contributed by atoms with Crippen LogP contribution in [-0.4, -0.2) is 58.3 Å². The molecule has 0 aromatic carbocycles. The number of allylic oxidation sites excluding steroid dienone is 2. The topological polar surface area (TPSA) is 110 Å². The molecular formula is C32H53NO5. The van der Waals surface area contributed by atoms with Crippen LogP contribution in [0.4, 0.5) is 0 Å². The van der Waals surface area contributed by atoms with E-state index in [4.69, 9.17) is 0 Å². The van der Waals surface area contributed by atoms with Crippen molar-refractivity contribution in [2.24, 2.45) is 56.7 Å². The average molecular weight is 532 g/mol. The van der Waals surface area contributed by atoms with Gasteiger partial charge in [0.2, 0.25) is 5.91 Å². The maximum Gasteiger partial charge on any atom is 0.226 e. The molecule has 0 spiro atoms. The summed E-state index contributed by atoms with van der Waals surface area (Å²) in [4.78, 5) is 13.8. The van der Waals surface area contributed by atoms with Gasteiger partial charge >= 0.3 is 0 Å². The third-order valence-electron chi connectivity index (χ3n) is 13.9. The molecule has 4 saturated carbocycles. The van der Waals surface area contributed by atoms with Gasteiger partial charge in [0.25, 0.3) is 0 Å². The Hall–Kier alpha value is -0.950. The van der Waals surface area contributed by atoms with Gasteiger partial charge in [0, 0.05) is 12.0 Å². The number of hydrogen-bond donors (Lipinski definition) is 5. The molecule has 0 saturated heterocycles. The fourth-order valence-electron chi connectivity index (χ4n) is 11.4. The highest BCUT2D eigenvalue weighted by molar-refractivity contribution is 5.84. The second kappa shape index (κ2) is 9.29. The van der Waals surface area contributed by atoms with Crippen molar-refractivity contribution >= 4 is 5.91 Å². The molecular weight excluding hydrogens is 478 g/mol. The summed E-state index contributed by atoms with van der Waals surface area (Å²) >= 11 is 0. The van der Waals surface area contributed by atoms with E-state index in [1.165, 1.54) is 5.57 Å². The number of amides is 1. The Labute approximate surface area is 229 Å². The van der Waals surface area contributed by atoms with Crippen LogP contribution in [0.3, 0.4) is 0 Å². The monoisotopic (exact) mass is 531 g/mol. The maximum atomic E-state index is 13.8. The van der Waals surface area contributed by atoms with Crippen LogP contribution in [0.2, 0.25) is 0 Å². The van der Waals surface area contributed by atoms with Crippen molar-refractivity contribution < 1.29 is 25.2 Å². The van der Waals surface area contributed by atoms with Crippen LogP contribution < -0.4 is 5.32 Å². The Balaban J connectivity index is 1.59. The molecule has 5 rings (SSSR count). The first-order valence-electron chi connectivity index (χ1n) is 15.3. The molecule has 0 aliphatic heterocycles. The summed E-state index contributed by atoms with van der Waals surface area (Å²) in [5.41, 5.74) is 0.151. The Morgan fingerprint density at radius 2 is 1.71 bits per heavy atom. The molecule has 6 heteroatoms. The number of carbonyl (C=O) groups excluding carboxylic acids is 1. The van der Waals surface area contributed by atoms with E-state index in [2.05, 4.69) is 46.0 Å². The number of hydrogen-bond acceptors (Lipinski definition) is 5. The molecule has 3 unspecified atom stereocenters. The van der Waals surface area contributed by atoms with Crippen LogP contribution in [0.5, 0.6) is 0 Å². The molecule has 5 aliphatic carbocycles. The Morgan fingerprint density at radius 1 is 1.00 bits per heavy atom. The lowest BCUT2D eigenvalue weighted by atomic mass is 9.33. The van der Waals surface area contributed by atoms with Crippen LogP contribution in [0.25, 0.3) is 0 Å². The van der Waals surface area contributed by atoms with Gasteiger partial charge in [-0.3, -0.25) is 4.79 Å². The van der Waals surface area contributed by atoms with Crippen molar-refractivity contribution in [3.8, 4) is 0 Å². The van der Waals surface area contributed by atoms with Crippen molar-refractivity contribution in [3.63, 3.8) is 0 Å². The Morgan fingerprint density at radius 3 is 2.37 bits per heavy atom. The van der Waals surface area contributed by atoms with Crippen LogP contribution in [0, 0.1) is 56.7 Å². The molecule has 0 bridgehead atoms. The third-order valence-corrected chi connectivity index (χ3v) is 13.9. The summed E-state index contributed by atoms with van der Waals surface area (Å²) in [6, 6.07) is 0. The van der Waals surface area contributed by atoms with Crippen LogP contribution in [0.15, 0.2) is 11.6 Å². The molecule has 12 atom stereocenters. The van der Waals surface area contributed by atoms with Gasteiger partial charge in [-0.2, -0.15) is 0 Å². The third kappa shape index (κ3) is 3.48. The van der Waals surface area contributed by atoms with Gasteiger partial charge < -0.3 is 25.7 Å². The zero-order chi connectivity index (χ0) is 27.9. The molecule has 4 fully saturated rings. The van der Waals surface area contributed by atoms with E-state index in [9.17, 15) is 25.2 Å². The zero-order valence-corrected chi connectivity index (χ0v) is 24.6. The summed E-state index contributed by atoms with van der Waals surface area (Å²) in [6.07, 6.45) is 8.04. The van der Waals surface area contributed by atoms with Gasteiger partial charge in [-0.05, 0) is 97.2 Å². The van der Waals surface area contributed by atoms with E-state index in [1.807, 2.05) is 6.92 Å². The van der Waals surface area contributed by atoms with E-state index in [0.29, 0.717) is 30.7 Å². The van der Waals surface area contributed by atoms with Crippen molar-refractivity contribution in [1.29, 1.82) is 0 Å². The summed E-state index contributed by atoms with van der Waals surface area (Å²) in [6.45, 7) is 14.1. The first-order chi connectivity index (χ1) is 17.8. The van der Waals surface area contributed by atoms with Gasteiger partial charge in [-0.1, -0.05) is 53.2 Å². The molecule has 38 heavy (non-hydrogen) atoms. The SMILES string of the molecule is C[C@@H]1CC[C@]2(C(=O)NCCO)CC[C@]3(C)C(=CCC4[C@@]5(C)C[C@@H](O)[C@H](O)[C@@](C)(CO)C5CC[C@]43C)C2[C@H]1C. The number of aliphatic hydroxyl groups excluding tert-OH is 4. The van der Waals surface area contributed by atoms with Gasteiger partial charge in [0.15, 0.2) is 0 Å². The second-order valence-corrected chi connectivity index (χ2v) is 15.2. The van der Waals surface area contributed by atoms with E-state index in [-0.39, 0.29) is 47.2 Å². The number of fused-ring (bicyclic) bond motifs is 7. The smallest absolute Gasteiger partial charge is 0.226 e. The van der Waals surface area contributed by atoms with Gasteiger partial charge in [-0.25, -0.2) is 0 Å². The number of carbonyl (C=O) groups is 1. The first-order valence-corrected chi connectivity index (χ1v) is 15.3. The summed E-state index contributed by atoms with van der Waals surface area (Å²) < 4.78 is 0. The van der Waals surface area contributed by atoms with Gasteiger partial charge in [0.1, 0.15) is 0 Å². The fraction of sp³-hybridized carbons (Fsp3) is 0.906. The van der Waals surface area contributed by atoms with Crippen molar-refractivity contribution in [3.05, 3.63) is 11.6 Å². The molecule has 6 nitrogen and oxygen atoms in total. The van der Waals surface area contributed by atoms with Crippen LogP contribution >= 0.6 is 0 Å². The molecule has 0 heterocycles. The molecule has 5 N–H and O–H groups in total. The summed E-state index contributed by atoms with van der Waals surface area (Å²) in [7, 11) is 0.